The molecule has 3 aliphatic rings. The van der Waals surface area contributed by atoms with Gasteiger partial charge in [0.05, 0.1) is 0 Å². The van der Waals surface area contributed by atoms with E-state index in [2.05, 4.69) is 15.1 Å². The van der Waals surface area contributed by atoms with Gasteiger partial charge in [0.2, 0.25) is 0 Å². The second-order valence-corrected chi connectivity index (χ2v) is 5.77. The molecule has 0 bridgehead atoms. The molecule has 0 aliphatic carbocycles. The first-order chi connectivity index (χ1) is 7.92. The summed E-state index contributed by atoms with van der Waals surface area (Å²) in [5.41, 5.74) is 0. The van der Waals surface area contributed by atoms with Gasteiger partial charge in [0.25, 0.3) is 0 Å². The van der Waals surface area contributed by atoms with E-state index in [-0.39, 0.29) is 0 Å². The van der Waals surface area contributed by atoms with Crippen LogP contribution in [0.25, 0.3) is 0 Å². The van der Waals surface area contributed by atoms with Crippen molar-refractivity contribution in [2.24, 2.45) is 5.92 Å². The number of likely N-dealkylation sites (tertiary alicyclic amines) is 2. The monoisotopic (exact) mass is 223 g/mol. The van der Waals surface area contributed by atoms with Gasteiger partial charge in [0, 0.05) is 19.1 Å². The zero-order valence-electron chi connectivity index (χ0n) is 10.3. The van der Waals surface area contributed by atoms with E-state index < -0.39 is 0 Å². The molecule has 0 radical (unpaired) electrons. The molecule has 3 heteroatoms. The SMILES string of the molecule is C1CCN(CCCN2C[C@@H]3CCN[C@@H]3C2)C1. The van der Waals surface area contributed by atoms with Crippen LogP contribution in [0.3, 0.4) is 0 Å². The first-order valence-corrected chi connectivity index (χ1v) is 7.10. The molecule has 0 aromatic rings. The molecule has 3 heterocycles. The van der Waals surface area contributed by atoms with Gasteiger partial charge in [-0.1, -0.05) is 0 Å². The molecular weight excluding hydrogens is 198 g/mol. The van der Waals surface area contributed by atoms with Crippen molar-refractivity contribution in [2.45, 2.75) is 31.7 Å². The van der Waals surface area contributed by atoms with E-state index in [1.165, 1.54) is 71.5 Å². The van der Waals surface area contributed by atoms with Crippen molar-refractivity contribution in [2.75, 3.05) is 45.8 Å². The highest BCUT2D eigenvalue weighted by Crippen LogP contribution is 2.24. The molecule has 0 aromatic heterocycles. The van der Waals surface area contributed by atoms with Gasteiger partial charge in [-0.3, -0.25) is 0 Å². The van der Waals surface area contributed by atoms with Crippen LogP contribution in [0, 0.1) is 5.92 Å². The Kier molecular flexibility index (Phi) is 3.46. The Morgan fingerprint density at radius 2 is 1.81 bits per heavy atom. The smallest absolute Gasteiger partial charge is 0.0235 e. The number of nitrogens with one attached hydrogen (secondary N) is 1. The van der Waals surface area contributed by atoms with Gasteiger partial charge in [0.1, 0.15) is 0 Å². The number of hydrogen-bond donors (Lipinski definition) is 1. The van der Waals surface area contributed by atoms with Gasteiger partial charge < -0.3 is 15.1 Å². The van der Waals surface area contributed by atoms with Crippen molar-refractivity contribution in [1.29, 1.82) is 0 Å². The fourth-order valence-electron chi connectivity index (χ4n) is 3.65. The Morgan fingerprint density at radius 1 is 1.00 bits per heavy atom. The molecule has 0 spiro atoms. The lowest BCUT2D eigenvalue weighted by Crippen LogP contribution is -2.32. The third-order valence-corrected chi connectivity index (χ3v) is 4.59. The standard InChI is InChI=1S/C13H25N3/c1-2-7-15(6-1)8-3-9-16-10-12-4-5-14-13(12)11-16/h12-14H,1-11H2/t12-,13+/m0/s1. The van der Waals surface area contributed by atoms with Crippen molar-refractivity contribution >= 4 is 0 Å². The fraction of sp³-hybridized carbons (Fsp3) is 1.00. The summed E-state index contributed by atoms with van der Waals surface area (Å²) in [5.74, 6) is 0.965. The Bertz CT molecular complexity index is 213. The van der Waals surface area contributed by atoms with Crippen LogP contribution < -0.4 is 5.32 Å². The number of fused-ring (bicyclic) bond motifs is 1. The molecule has 0 unspecified atom stereocenters. The highest BCUT2D eigenvalue weighted by Gasteiger charge is 2.35. The number of rotatable bonds is 4. The van der Waals surface area contributed by atoms with E-state index in [4.69, 9.17) is 0 Å². The molecule has 3 nitrogen and oxygen atoms in total. The van der Waals surface area contributed by atoms with Crippen LogP contribution in [0.2, 0.25) is 0 Å². The van der Waals surface area contributed by atoms with Gasteiger partial charge in [-0.2, -0.15) is 0 Å². The summed E-state index contributed by atoms with van der Waals surface area (Å²) in [6, 6.07) is 0.826. The zero-order chi connectivity index (χ0) is 10.8. The second kappa shape index (κ2) is 5.03. The Labute approximate surface area is 99.2 Å². The van der Waals surface area contributed by atoms with Crippen molar-refractivity contribution in [3.8, 4) is 0 Å². The molecule has 92 valence electrons. The minimum Gasteiger partial charge on any atom is -0.312 e. The van der Waals surface area contributed by atoms with E-state index in [0.29, 0.717) is 0 Å². The van der Waals surface area contributed by atoms with Crippen LogP contribution in [0.15, 0.2) is 0 Å². The van der Waals surface area contributed by atoms with E-state index in [9.17, 15) is 0 Å². The van der Waals surface area contributed by atoms with Gasteiger partial charge in [-0.15, -0.1) is 0 Å². The lowest BCUT2D eigenvalue weighted by molar-refractivity contribution is 0.270. The third-order valence-electron chi connectivity index (χ3n) is 4.59. The van der Waals surface area contributed by atoms with E-state index in [1.54, 1.807) is 0 Å². The summed E-state index contributed by atoms with van der Waals surface area (Å²) in [6.07, 6.45) is 5.64. The number of hydrogen-bond acceptors (Lipinski definition) is 3. The molecule has 0 aromatic carbocycles. The highest BCUT2D eigenvalue weighted by atomic mass is 15.2. The molecule has 0 saturated carbocycles. The van der Waals surface area contributed by atoms with Crippen LogP contribution in [0.1, 0.15) is 25.7 Å². The van der Waals surface area contributed by atoms with Crippen molar-refractivity contribution in [3.63, 3.8) is 0 Å². The first kappa shape index (κ1) is 11.0. The Balaban J connectivity index is 1.33. The average Bonchev–Trinajstić information content (AvgIpc) is 2.91. The molecule has 16 heavy (non-hydrogen) atoms. The highest BCUT2D eigenvalue weighted by molar-refractivity contribution is 4.93. The topological polar surface area (TPSA) is 18.5 Å². The molecular formula is C13H25N3. The van der Waals surface area contributed by atoms with Crippen molar-refractivity contribution in [1.82, 2.24) is 15.1 Å². The maximum Gasteiger partial charge on any atom is 0.0235 e. The summed E-state index contributed by atoms with van der Waals surface area (Å²) in [4.78, 5) is 5.31. The molecule has 0 amide bonds. The van der Waals surface area contributed by atoms with Gasteiger partial charge in [-0.25, -0.2) is 0 Å². The third kappa shape index (κ3) is 2.41. The van der Waals surface area contributed by atoms with Crippen LogP contribution in [-0.2, 0) is 0 Å². The summed E-state index contributed by atoms with van der Waals surface area (Å²) in [6.45, 7) is 9.29. The van der Waals surface area contributed by atoms with Crippen molar-refractivity contribution < 1.29 is 0 Å². The largest absolute Gasteiger partial charge is 0.312 e. The lowest BCUT2D eigenvalue weighted by Gasteiger charge is -2.19. The fourth-order valence-corrected chi connectivity index (χ4v) is 3.65. The van der Waals surface area contributed by atoms with E-state index in [1.807, 2.05) is 0 Å². The van der Waals surface area contributed by atoms with Crippen molar-refractivity contribution in [3.05, 3.63) is 0 Å². The predicted octanol–water partition coefficient (Wildman–Crippen LogP) is 0.766. The van der Waals surface area contributed by atoms with E-state index in [0.717, 1.165) is 12.0 Å². The molecule has 2 atom stereocenters. The van der Waals surface area contributed by atoms with Gasteiger partial charge >= 0.3 is 0 Å². The molecule has 3 saturated heterocycles. The zero-order valence-corrected chi connectivity index (χ0v) is 10.3. The van der Waals surface area contributed by atoms with Gasteiger partial charge in [0.15, 0.2) is 0 Å². The maximum atomic E-state index is 3.63. The molecule has 1 N–H and O–H groups in total. The Hall–Kier alpha value is -0.120. The Morgan fingerprint density at radius 3 is 2.62 bits per heavy atom. The van der Waals surface area contributed by atoms with Crippen LogP contribution >= 0.6 is 0 Å². The first-order valence-electron chi connectivity index (χ1n) is 7.10. The number of nitrogens with zero attached hydrogens (tertiary/aromatic N) is 2. The summed E-state index contributed by atoms with van der Waals surface area (Å²) >= 11 is 0. The minimum absolute atomic E-state index is 0.826. The lowest BCUT2D eigenvalue weighted by atomic mass is 10.1. The van der Waals surface area contributed by atoms with E-state index >= 15 is 0 Å². The molecule has 3 fully saturated rings. The van der Waals surface area contributed by atoms with Gasteiger partial charge in [-0.05, 0) is 64.3 Å². The predicted molar refractivity (Wildman–Crippen MR) is 66.6 cm³/mol. The maximum absolute atomic E-state index is 3.63. The minimum atomic E-state index is 0.826. The quantitative estimate of drug-likeness (QED) is 0.759. The summed E-state index contributed by atoms with van der Waals surface area (Å²) in [7, 11) is 0. The average molecular weight is 223 g/mol. The second-order valence-electron chi connectivity index (χ2n) is 5.77. The van der Waals surface area contributed by atoms with Crippen LogP contribution in [-0.4, -0.2) is 61.7 Å². The summed E-state index contributed by atoms with van der Waals surface area (Å²) in [5, 5.41) is 3.63. The molecule has 3 rings (SSSR count). The normalized spacial score (nSPS) is 36.0. The van der Waals surface area contributed by atoms with Crippen LogP contribution in [0.5, 0.6) is 0 Å². The summed E-state index contributed by atoms with van der Waals surface area (Å²) < 4.78 is 0. The van der Waals surface area contributed by atoms with Crippen LogP contribution in [0.4, 0.5) is 0 Å². The molecule has 3 aliphatic heterocycles.